The van der Waals surface area contributed by atoms with Gasteiger partial charge < -0.3 is 15.5 Å². The zero-order chi connectivity index (χ0) is 12.8. The number of aliphatic hydroxyl groups excluding tert-OH is 1. The minimum absolute atomic E-state index is 0.0556. The smallest absolute Gasteiger partial charge is 0.0771 e. The molecular weight excluding hydrogens is 226 g/mol. The van der Waals surface area contributed by atoms with Gasteiger partial charge in [-0.2, -0.15) is 0 Å². The first-order valence-corrected chi connectivity index (χ1v) is 6.85. The number of nitrogens with one attached hydrogen (secondary N) is 1. The van der Waals surface area contributed by atoms with E-state index in [1.807, 2.05) is 30.3 Å². The van der Waals surface area contributed by atoms with Gasteiger partial charge in [0.2, 0.25) is 0 Å². The number of hydrogen-bond acceptors (Lipinski definition) is 3. The average molecular weight is 249 g/mol. The van der Waals surface area contributed by atoms with Crippen molar-refractivity contribution < 1.29 is 10.2 Å². The molecule has 0 heterocycles. The molecule has 1 atom stereocenters. The predicted molar refractivity (Wildman–Crippen MR) is 72.3 cm³/mol. The second kappa shape index (κ2) is 6.32. The molecule has 100 valence electrons. The van der Waals surface area contributed by atoms with Crippen LogP contribution < -0.4 is 5.32 Å². The van der Waals surface area contributed by atoms with Gasteiger partial charge in [-0.3, -0.25) is 0 Å². The summed E-state index contributed by atoms with van der Waals surface area (Å²) in [5.41, 5.74) is 0.486. The lowest BCUT2D eigenvalue weighted by Gasteiger charge is -2.33. The summed E-state index contributed by atoms with van der Waals surface area (Å²) in [7, 11) is 0. The Kier molecular flexibility index (Phi) is 4.75. The van der Waals surface area contributed by atoms with Crippen molar-refractivity contribution in [2.24, 2.45) is 0 Å². The van der Waals surface area contributed by atoms with Crippen molar-refractivity contribution in [3.8, 4) is 0 Å². The lowest BCUT2D eigenvalue weighted by Crippen LogP contribution is -2.44. The first-order chi connectivity index (χ1) is 8.73. The summed E-state index contributed by atoms with van der Waals surface area (Å²) in [4.78, 5) is 0. The summed E-state index contributed by atoms with van der Waals surface area (Å²) in [6.45, 7) is 0.618. The Bertz CT molecular complexity index is 347. The standard InChI is InChI=1S/C15H23NO2/c17-11-14(13-7-3-1-4-8-13)16-12-15(18)9-5-2-6-10-15/h1,3-4,7-8,14,16-18H,2,5-6,9-12H2/t14-/m1/s1. The molecule has 3 heteroatoms. The highest BCUT2D eigenvalue weighted by molar-refractivity contribution is 5.19. The lowest BCUT2D eigenvalue weighted by atomic mass is 9.84. The van der Waals surface area contributed by atoms with E-state index >= 15 is 0 Å². The van der Waals surface area contributed by atoms with Gasteiger partial charge in [0.15, 0.2) is 0 Å². The van der Waals surface area contributed by atoms with Gasteiger partial charge in [0.1, 0.15) is 0 Å². The van der Waals surface area contributed by atoms with Crippen LogP contribution in [0.1, 0.15) is 43.7 Å². The second-order valence-electron chi connectivity index (χ2n) is 5.31. The van der Waals surface area contributed by atoms with Crippen molar-refractivity contribution in [3.05, 3.63) is 35.9 Å². The van der Waals surface area contributed by atoms with Crippen LogP contribution in [0.25, 0.3) is 0 Å². The van der Waals surface area contributed by atoms with Crippen molar-refractivity contribution >= 4 is 0 Å². The van der Waals surface area contributed by atoms with Crippen LogP contribution in [-0.2, 0) is 0 Å². The zero-order valence-electron chi connectivity index (χ0n) is 10.8. The van der Waals surface area contributed by atoms with E-state index < -0.39 is 5.60 Å². The normalized spacial score (nSPS) is 20.6. The Labute approximate surface area is 109 Å². The molecule has 3 nitrogen and oxygen atoms in total. The van der Waals surface area contributed by atoms with Gasteiger partial charge in [-0.1, -0.05) is 49.6 Å². The predicted octanol–water partition coefficient (Wildman–Crippen LogP) is 2.00. The molecule has 1 fully saturated rings. The molecule has 0 bridgehead atoms. The van der Waals surface area contributed by atoms with E-state index in [4.69, 9.17) is 0 Å². The molecular formula is C15H23NO2. The van der Waals surface area contributed by atoms with E-state index in [-0.39, 0.29) is 12.6 Å². The first-order valence-electron chi connectivity index (χ1n) is 6.85. The number of hydrogen-bond donors (Lipinski definition) is 3. The fraction of sp³-hybridized carbons (Fsp3) is 0.600. The van der Waals surface area contributed by atoms with Crippen LogP contribution in [0.4, 0.5) is 0 Å². The summed E-state index contributed by atoms with van der Waals surface area (Å²) < 4.78 is 0. The Balaban J connectivity index is 1.91. The Morgan fingerprint density at radius 2 is 1.78 bits per heavy atom. The average Bonchev–Trinajstić information content (AvgIpc) is 2.41. The molecule has 0 unspecified atom stereocenters. The van der Waals surface area contributed by atoms with E-state index in [0.717, 1.165) is 31.2 Å². The molecule has 0 radical (unpaired) electrons. The van der Waals surface area contributed by atoms with Gasteiger partial charge in [-0.15, -0.1) is 0 Å². The Morgan fingerprint density at radius 3 is 2.39 bits per heavy atom. The molecule has 2 rings (SSSR count). The van der Waals surface area contributed by atoms with E-state index in [0.29, 0.717) is 6.54 Å². The topological polar surface area (TPSA) is 52.5 Å². The van der Waals surface area contributed by atoms with Gasteiger partial charge in [-0.05, 0) is 18.4 Å². The van der Waals surface area contributed by atoms with Crippen LogP contribution >= 0.6 is 0 Å². The van der Waals surface area contributed by atoms with Gasteiger partial charge in [0.05, 0.1) is 18.2 Å². The van der Waals surface area contributed by atoms with Crippen molar-refractivity contribution in [3.63, 3.8) is 0 Å². The summed E-state index contributed by atoms with van der Waals surface area (Å²) in [6.07, 6.45) is 5.17. The van der Waals surface area contributed by atoms with Crippen molar-refractivity contribution in [1.82, 2.24) is 5.32 Å². The minimum Gasteiger partial charge on any atom is -0.394 e. The third-order valence-electron chi connectivity index (χ3n) is 3.85. The largest absolute Gasteiger partial charge is 0.394 e. The monoisotopic (exact) mass is 249 g/mol. The number of aliphatic hydroxyl groups is 2. The fourth-order valence-corrected chi connectivity index (χ4v) is 2.67. The van der Waals surface area contributed by atoms with Crippen LogP contribution in [0.15, 0.2) is 30.3 Å². The first kappa shape index (κ1) is 13.5. The summed E-state index contributed by atoms with van der Waals surface area (Å²) >= 11 is 0. The Morgan fingerprint density at radius 1 is 1.11 bits per heavy atom. The maximum Gasteiger partial charge on any atom is 0.0771 e. The summed E-state index contributed by atoms with van der Waals surface area (Å²) in [6, 6.07) is 9.81. The molecule has 1 aromatic carbocycles. The van der Waals surface area contributed by atoms with Crippen LogP contribution in [0, 0.1) is 0 Å². The molecule has 0 saturated heterocycles. The quantitative estimate of drug-likeness (QED) is 0.748. The van der Waals surface area contributed by atoms with Gasteiger partial charge in [-0.25, -0.2) is 0 Å². The van der Waals surface area contributed by atoms with Gasteiger partial charge in [0.25, 0.3) is 0 Å². The molecule has 18 heavy (non-hydrogen) atoms. The third kappa shape index (κ3) is 3.55. The van der Waals surface area contributed by atoms with Crippen LogP contribution in [-0.4, -0.2) is 29.0 Å². The van der Waals surface area contributed by atoms with Crippen LogP contribution in [0.5, 0.6) is 0 Å². The maximum absolute atomic E-state index is 10.4. The third-order valence-corrected chi connectivity index (χ3v) is 3.85. The number of rotatable bonds is 5. The van der Waals surface area contributed by atoms with Crippen molar-refractivity contribution in [2.75, 3.05) is 13.2 Å². The lowest BCUT2D eigenvalue weighted by molar-refractivity contribution is 0.00104. The second-order valence-corrected chi connectivity index (χ2v) is 5.31. The highest BCUT2D eigenvalue weighted by Gasteiger charge is 2.29. The van der Waals surface area contributed by atoms with E-state index in [9.17, 15) is 10.2 Å². The Hall–Kier alpha value is -0.900. The molecule has 1 aliphatic carbocycles. The molecule has 0 amide bonds. The SMILES string of the molecule is OC[C@@H](NCC1(O)CCCCC1)c1ccccc1. The number of benzene rings is 1. The van der Waals surface area contributed by atoms with Crippen molar-refractivity contribution in [2.45, 2.75) is 43.7 Å². The molecule has 0 aromatic heterocycles. The van der Waals surface area contributed by atoms with Crippen molar-refractivity contribution in [1.29, 1.82) is 0 Å². The van der Waals surface area contributed by atoms with E-state index in [1.54, 1.807) is 0 Å². The van der Waals surface area contributed by atoms with Crippen LogP contribution in [0.3, 0.4) is 0 Å². The van der Waals surface area contributed by atoms with Crippen LogP contribution in [0.2, 0.25) is 0 Å². The maximum atomic E-state index is 10.4. The molecule has 0 aliphatic heterocycles. The molecule has 3 N–H and O–H groups in total. The van der Waals surface area contributed by atoms with Gasteiger partial charge in [0, 0.05) is 6.54 Å². The highest BCUT2D eigenvalue weighted by atomic mass is 16.3. The molecule has 1 aliphatic rings. The molecule has 0 spiro atoms. The fourth-order valence-electron chi connectivity index (χ4n) is 2.67. The summed E-state index contributed by atoms with van der Waals surface area (Å²) in [5, 5.41) is 23.2. The van der Waals surface area contributed by atoms with E-state index in [2.05, 4.69) is 5.32 Å². The minimum atomic E-state index is -0.583. The molecule has 1 aromatic rings. The van der Waals surface area contributed by atoms with Gasteiger partial charge >= 0.3 is 0 Å². The molecule has 1 saturated carbocycles. The highest BCUT2D eigenvalue weighted by Crippen LogP contribution is 2.28. The zero-order valence-corrected chi connectivity index (χ0v) is 10.8. The van der Waals surface area contributed by atoms with E-state index in [1.165, 1.54) is 6.42 Å². The summed E-state index contributed by atoms with van der Waals surface area (Å²) in [5.74, 6) is 0.